The number of halogens is 1. The first-order valence-corrected chi connectivity index (χ1v) is 9.04. The van der Waals surface area contributed by atoms with E-state index in [4.69, 9.17) is 17.0 Å². The molecule has 1 N–H and O–H groups in total. The number of carbonyl (C=O) groups excluding carboxylic acids is 1. The van der Waals surface area contributed by atoms with Crippen molar-refractivity contribution in [2.24, 2.45) is 0 Å². The Bertz CT molecular complexity index is 966. The third kappa shape index (κ3) is 3.83. The van der Waals surface area contributed by atoms with Gasteiger partial charge in [0.2, 0.25) is 5.91 Å². The van der Waals surface area contributed by atoms with Crippen molar-refractivity contribution in [3.8, 4) is 16.5 Å². The molecule has 3 aromatic rings. The molecule has 0 aliphatic carbocycles. The first-order chi connectivity index (χ1) is 12.5. The van der Waals surface area contributed by atoms with Crippen LogP contribution in [0.2, 0.25) is 0 Å². The van der Waals surface area contributed by atoms with E-state index in [1.54, 1.807) is 23.7 Å². The van der Waals surface area contributed by atoms with Crippen LogP contribution in [-0.2, 0) is 17.9 Å². The summed E-state index contributed by atoms with van der Waals surface area (Å²) in [6, 6.07) is 8.47. The molecule has 0 fully saturated rings. The van der Waals surface area contributed by atoms with E-state index in [2.05, 4.69) is 10.2 Å². The summed E-state index contributed by atoms with van der Waals surface area (Å²) < 4.78 is 20.8. The van der Waals surface area contributed by atoms with Gasteiger partial charge >= 0.3 is 0 Å². The number of carbonyl (C=O) groups is 1. The lowest BCUT2D eigenvalue weighted by Gasteiger charge is -2.18. The number of methoxy groups -OCH3 is 1. The molecule has 26 heavy (non-hydrogen) atoms. The summed E-state index contributed by atoms with van der Waals surface area (Å²) in [5.41, 5.74) is 0.674. The van der Waals surface area contributed by atoms with Gasteiger partial charge in [-0.2, -0.15) is 5.10 Å². The van der Waals surface area contributed by atoms with Gasteiger partial charge in [0, 0.05) is 13.6 Å². The van der Waals surface area contributed by atoms with Crippen LogP contribution < -0.4 is 4.74 Å². The molecule has 0 saturated heterocycles. The number of aromatic nitrogens is 3. The van der Waals surface area contributed by atoms with Gasteiger partial charge < -0.3 is 9.64 Å². The van der Waals surface area contributed by atoms with Crippen molar-refractivity contribution in [1.82, 2.24) is 19.7 Å². The third-order valence-electron chi connectivity index (χ3n) is 3.85. The largest absolute Gasteiger partial charge is 0.494 e. The highest BCUT2D eigenvalue weighted by atomic mass is 32.1. The molecule has 0 spiro atoms. The van der Waals surface area contributed by atoms with Crippen molar-refractivity contribution in [2.45, 2.75) is 13.1 Å². The maximum Gasteiger partial charge on any atom is 0.242 e. The lowest BCUT2D eigenvalue weighted by atomic mass is 10.2. The van der Waals surface area contributed by atoms with Crippen molar-refractivity contribution in [2.75, 3.05) is 14.2 Å². The molecule has 2 aromatic heterocycles. The van der Waals surface area contributed by atoms with Gasteiger partial charge in [0.15, 0.2) is 22.2 Å². The molecule has 0 radical (unpaired) electrons. The maximum atomic E-state index is 13.8. The predicted molar refractivity (Wildman–Crippen MR) is 100 cm³/mol. The van der Waals surface area contributed by atoms with Gasteiger partial charge in [-0.3, -0.25) is 14.5 Å². The van der Waals surface area contributed by atoms with Crippen LogP contribution in [0.3, 0.4) is 0 Å². The van der Waals surface area contributed by atoms with Gasteiger partial charge in [-0.25, -0.2) is 4.39 Å². The van der Waals surface area contributed by atoms with E-state index < -0.39 is 5.82 Å². The highest BCUT2D eigenvalue weighted by molar-refractivity contribution is 7.71. The monoisotopic (exact) mass is 392 g/mol. The van der Waals surface area contributed by atoms with Crippen LogP contribution in [0.1, 0.15) is 5.56 Å². The standard InChI is InChI=1S/C17H17FN4O2S2/c1-21(9-11-5-6-13(24-2)12(18)8-11)15(23)10-22-16(19-20-17(22)25)14-4-3-7-26-14/h3-8H,9-10H2,1-2H3,(H,20,25). The minimum atomic E-state index is -0.456. The van der Waals surface area contributed by atoms with Crippen LogP contribution in [0, 0.1) is 10.6 Å². The Morgan fingerprint density at radius 2 is 2.27 bits per heavy atom. The van der Waals surface area contributed by atoms with E-state index in [1.165, 1.54) is 29.4 Å². The number of benzene rings is 1. The Morgan fingerprint density at radius 3 is 2.92 bits per heavy atom. The zero-order chi connectivity index (χ0) is 18.7. The second-order valence-corrected chi connectivity index (χ2v) is 6.97. The lowest BCUT2D eigenvalue weighted by molar-refractivity contribution is -0.131. The topological polar surface area (TPSA) is 63.1 Å². The molecular formula is C17H17FN4O2S2. The summed E-state index contributed by atoms with van der Waals surface area (Å²) in [6.45, 7) is 0.330. The molecule has 0 aliphatic heterocycles. The molecule has 0 atom stereocenters. The Kier molecular flexibility index (Phi) is 5.48. The minimum absolute atomic E-state index is 0.0533. The van der Waals surface area contributed by atoms with E-state index in [1.807, 2.05) is 17.5 Å². The Morgan fingerprint density at radius 1 is 1.46 bits per heavy atom. The van der Waals surface area contributed by atoms with Crippen LogP contribution >= 0.6 is 23.6 Å². The first-order valence-electron chi connectivity index (χ1n) is 7.75. The number of H-pyrrole nitrogens is 1. The molecule has 136 valence electrons. The number of aromatic amines is 1. The molecule has 0 saturated carbocycles. The summed E-state index contributed by atoms with van der Waals surface area (Å²) in [5.74, 6) is 0.190. The fourth-order valence-electron chi connectivity index (χ4n) is 2.48. The number of ether oxygens (including phenoxy) is 1. The van der Waals surface area contributed by atoms with Gasteiger partial charge in [-0.1, -0.05) is 12.1 Å². The summed E-state index contributed by atoms with van der Waals surface area (Å²) >= 11 is 6.76. The van der Waals surface area contributed by atoms with Crippen molar-refractivity contribution < 1.29 is 13.9 Å². The fourth-order valence-corrected chi connectivity index (χ4v) is 3.40. The molecule has 0 unspecified atom stereocenters. The molecule has 1 amide bonds. The summed E-state index contributed by atoms with van der Waals surface area (Å²) in [5, 5.41) is 8.87. The van der Waals surface area contributed by atoms with E-state index in [0.717, 1.165) is 4.88 Å². The van der Waals surface area contributed by atoms with Crippen molar-refractivity contribution in [3.05, 3.63) is 51.9 Å². The number of nitrogens with one attached hydrogen (secondary N) is 1. The first kappa shape index (κ1) is 18.3. The lowest BCUT2D eigenvalue weighted by Crippen LogP contribution is -2.30. The van der Waals surface area contributed by atoms with Crippen LogP contribution in [0.5, 0.6) is 5.75 Å². The van der Waals surface area contributed by atoms with Gasteiger partial charge in [-0.15, -0.1) is 11.3 Å². The maximum absolute atomic E-state index is 13.8. The highest BCUT2D eigenvalue weighted by Crippen LogP contribution is 2.23. The molecule has 2 heterocycles. The molecule has 6 nitrogen and oxygen atoms in total. The number of hydrogen-bond acceptors (Lipinski definition) is 5. The fraction of sp³-hybridized carbons (Fsp3) is 0.235. The quantitative estimate of drug-likeness (QED) is 0.653. The SMILES string of the molecule is COc1ccc(CN(C)C(=O)Cn2c(-c3cccs3)n[nH]c2=S)cc1F. The van der Waals surface area contributed by atoms with E-state index >= 15 is 0 Å². The summed E-state index contributed by atoms with van der Waals surface area (Å²) in [7, 11) is 3.08. The smallest absolute Gasteiger partial charge is 0.242 e. The number of amides is 1. The van der Waals surface area contributed by atoms with Crippen LogP contribution in [0.15, 0.2) is 35.7 Å². The molecule has 0 bridgehead atoms. The highest BCUT2D eigenvalue weighted by Gasteiger charge is 2.16. The van der Waals surface area contributed by atoms with Crippen LogP contribution in [-0.4, -0.2) is 39.7 Å². The Labute approximate surface area is 158 Å². The molecule has 3 rings (SSSR count). The van der Waals surface area contributed by atoms with Gasteiger partial charge in [0.25, 0.3) is 0 Å². The zero-order valence-electron chi connectivity index (χ0n) is 14.2. The molecule has 0 aliphatic rings. The number of hydrogen-bond donors (Lipinski definition) is 1. The minimum Gasteiger partial charge on any atom is -0.494 e. The van der Waals surface area contributed by atoms with Crippen molar-refractivity contribution in [1.29, 1.82) is 0 Å². The average Bonchev–Trinajstić information content (AvgIpc) is 3.25. The Hall–Kier alpha value is -2.52. The van der Waals surface area contributed by atoms with Crippen molar-refractivity contribution >= 4 is 29.5 Å². The molecule has 1 aromatic carbocycles. The van der Waals surface area contributed by atoms with Crippen LogP contribution in [0.25, 0.3) is 10.7 Å². The zero-order valence-corrected chi connectivity index (χ0v) is 15.9. The molecular weight excluding hydrogens is 375 g/mol. The van der Waals surface area contributed by atoms with E-state index in [0.29, 0.717) is 16.2 Å². The van der Waals surface area contributed by atoms with Gasteiger partial charge in [0.05, 0.1) is 12.0 Å². The average molecular weight is 392 g/mol. The van der Waals surface area contributed by atoms with Crippen LogP contribution in [0.4, 0.5) is 4.39 Å². The molecule has 9 heteroatoms. The number of thiophene rings is 1. The predicted octanol–water partition coefficient (Wildman–Crippen LogP) is 3.48. The second kappa shape index (κ2) is 7.79. The Balaban J connectivity index is 1.73. The van der Waals surface area contributed by atoms with E-state index in [-0.39, 0.29) is 24.7 Å². The summed E-state index contributed by atoms with van der Waals surface area (Å²) in [6.07, 6.45) is 0. The second-order valence-electron chi connectivity index (χ2n) is 5.63. The normalized spacial score (nSPS) is 10.7. The van der Waals surface area contributed by atoms with Gasteiger partial charge in [0.1, 0.15) is 6.54 Å². The number of likely N-dealkylation sites (N-methyl/N-ethyl adjacent to an activating group) is 1. The van der Waals surface area contributed by atoms with E-state index in [9.17, 15) is 9.18 Å². The number of nitrogens with zero attached hydrogens (tertiary/aromatic N) is 3. The third-order valence-corrected chi connectivity index (χ3v) is 5.03. The number of rotatable bonds is 6. The summed E-state index contributed by atoms with van der Waals surface area (Å²) in [4.78, 5) is 15.0. The van der Waals surface area contributed by atoms with Crippen molar-refractivity contribution in [3.63, 3.8) is 0 Å². The van der Waals surface area contributed by atoms with Gasteiger partial charge in [-0.05, 0) is 41.4 Å².